The summed E-state index contributed by atoms with van der Waals surface area (Å²) >= 11 is 0. The molecule has 0 aliphatic heterocycles. The predicted molar refractivity (Wildman–Crippen MR) is 487 cm³/mol. The fourth-order valence-corrected chi connectivity index (χ4v) is 15.6. The molecular formula is C100H70N12O16. The van der Waals surface area contributed by atoms with Crippen molar-refractivity contribution in [3.63, 3.8) is 0 Å². The number of ether oxygens (including phenoxy) is 4. The first-order chi connectivity index (χ1) is 62.1. The SMILES string of the molecule is COc1nc(-c2c(O)cc(O)cc2O)nc(-c2c3ccccc3cc3ccccc23)n1.COc1nc(-c2c(O)cc(O)cc2O)nc(-c2cc3c4ccccc4ccc3c3ccccc23)n1.COc1nc(-c2c(O)cc(O)cc2O)nc(-c2cc3ccccc3c3ccccc23)n1.COc1nc(-c2ccc3cc4ccccc4cc3c2)nc(-c2c(O)cc(O)cc2O)n1. The number of phenols is 12. The summed E-state index contributed by atoms with van der Waals surface area (Å²) in [6.07, 6.45) is 0. The Balaban J connectivity index is 0.000000115. The lowest BCUT2D eigenvalue weighted by atomic mass is 9.93. The number of hydrogen-bond acceptors (Lipinski definition) is 28. The van der Waals surface area contributed by atoms with Gasteiger partial charge in [-0.15, -0.1) is 0 Å². The zero-order valence-corrected chi connectivity index (χ0v) is 67.9. The maximum atomic E-state index is 10.4. The molecule has 0 radical (unpaired) electrons. The van der Waals surface area contributed by atoms with E-state index < -0.39 is 0 Å². The van der Waals surface area contributed by atoms with Crippen LogP contribution < -0.4 is 18.9 Å². The van der Waals surface area contributed by atoms with E-state index in [1.807, 2.05) is 158 Å². The van der Waals surface area contributed by atoms with Crippen LogP contribution in [0.4, 0.5) is 0 Å². The lowest BCUT2D eigenvalue weighted by Crippen LogP contribution is -2.01. The van der Waals surface area contributed by atoms with Crippen LogP contribution in [0.25, 0.3) is 188 Å². The first kappa shape index (κ1) is 81.0. The number of aromatic hydroxyl groups is 12. The van der Waals surface area contributed by atoms with Crippen molar-refractivity contribution in [2.24, 2.45) is 0 Å². The molecule has 0 aliphatic carbocycles. The Labute approximate surface area is 724 Å². The maximum Gasteiger partial charge on any atom is 0.320 e. The summed E-state index contributed by atoms with van der Waals surface area (Å²) in [7, 11) is 5.72. The van der Waals surface area contributed by atoms with Crippen molar-refractivity contribution in [1.29, 1.82) is 0 Å². The summed E-state index contributed by atoms with van der Waals surface area (Å²) in [4.78, 5) is 52.7. The van der Waals surface area contributed by atoms with E-state index in [1.54, 1.807) is 0 Å². The largest absolute Gasteiger partial charge is 0.508 e. The van der Waals surface area contributed by atoms with Gasteiger partial charge in [0.25, 0.3) is 0 Å². The second-order valence-electron chi connectivity index (χ2n) is 29.3. The van der Waals surface area contributed by atoms with Gasteiger partial charge in [0, 0.05) is 70.8 Å². The van der Waals surface area contributed by atoms with Crippen LogP contribution in [0.1, 0.15) is 0 Å². The third-order valence-corrected chi connectivity index (χ3v) is 21.4. The molecule has 4 aromatic heterocycles. The van der Waals surface area contributed by atoms with Gasteiger partial charge in [0.15, 0.2) is 46.6 Å². The van der Waals surface area contributed by atoms with Crippen molar-refractivity contribution < 1.29 is 80.2 Å². The molecule has 12 N–H and O–H groups in total. The lowest BCUT2D eigenvalue weighted by molar-refractivity contribution is 0.378. The molecule has 28 heteroatoms. The zero-order chi connectivity index (χ0) is 88.7. The number of phenolic OH excluding ortho intramolecular Hbond substituents is 12. The maximum absolute atomic E-state index is 10.4. The van der Waals surface area contributed by atoms with Crippen LogP contribution in [-0.4, -0.2) is 150 Å². The molecule has 0 aliphatic rings. The van der Waals surface area contributed by atoms with Crippen molar-refractivity contribution in [3.8, 4) is 184 Å². The van der Waals surface area contributed by atoms with Crippen LogP contribution in [0.15, 0.2) is 279 Å². The fourth-order valence-electron chi connectivity index (χ4n) is 15.6. The first-order valence-electron chi connectivity index (χ1n) is 39.4. The Hall–Kier alpha value is -18.1. The van der Waals surface area contributed by atoms with Gasteiger partial charge in [0.1, 0.15) is 91.2 Å². The smallest absolute Gasteiger partial charge is 0.320 e. The minimum atomic E-state index is -0.365. The summed E-state index contributed by atoms with van der Waals surface area (Å²) in [5, 5.41) is 140. The quantitative estimate of drug-likeness (QED) is 0.0399. The average molecular weight is 1700 g/mol. The highest BCUT2D eigenvalue weighted by atomic mass is 16.5. The fraction of sp³-hybridized carbons (Fsp3) is 0.0400. The second kappa shape index (κ2) is 33.7. The third kappa shape index (κ3) is 15.6. The number of hydrogen-bond donors (Lipinski definition) is 12. The summed E-state index contributed by atoms with van der Waals surface area (Å²) in [6, 6.07) is 85.6. The van der Waals surface area contributed by atoms with E-state index in [-0.39, 0.29) is 139 Å². The van der Waals surface area contributed by atoms with Gasteiger partial charge in [-0.05, 0) is 133 Å². The number of rotatable bonds is 12. The molecule has 0 saturated heterocycles. The van der Waals surface area contributed by atoms with Crippen LogP contribution in [-0.2, 0) is 0 Å². The van der Waals surface area contributed by atoms with E-state index in [4.69, 9.17) is 18.9 Å². The van der Waals surface area contributed by atoms with Crippen LogP contribution in [0.3, 0.4) is 0 Å². The normalized spacial score (nSPS) is 11.2. The van der Waals surface area contributed by atoms with Crippen molar-refractivity contribution in [2.75, 3.05) is 28.4 Å². The number of fused-ring (bicyclic) bond motifs is 12. The Kier molecular flexibility index (Phi) is 21.3. The highest BCUT2D eigenvalue weighted by Crippen LogP contribution is 2.47. The molecule has 0 amide bonds. The van der Waals surface area contributed by atoms with E-state index in [1.165, 1.54) is 28.4 Å². The second-order valence-corrected chi connectivity index (χ2v) is 29.3. The Morgan fingerprint density at radius 2 is 0.430 bits per heavy atom. The van der Waals surface area contributed by atoms with Gasteiger partial charge in [-0.1, -0.05) is 194 Å². The Bertz CT molecular complexity index is 7890. The number of nitrogens with zero attached hydrogens (tertiary/aromatic N) is 12. The van der Waals surface area contributed by atoms with Crippen LogP contribution in [0, 0.1) is 0 Å². The van der Waals surface area contributed by atoms with Gasteiger partial charge in [-0.2, -0.15) is 39.9 Å². The summed E-state index contributed by atoms with van der Waals surface area (Å²) in [5.41, 5.74) is 2.93. The number of aromatic nitrogens is 12. The topological polar surface area (TPSA) is 434 Å². The molecule has 4 heterocycles. The van der Waals surface area contributed by atoms with Crippen molar-refractivity contribution in [2.45, 2.75) is 0 Å². The summed E-state index contributed by atoms with van der Waals surface area (Å²) in [5.74, 6) is -2.61. The van der Waals surface area contributed by atoms with Gasteiger partial charge in [0.05, 0.1) is 28.4 Å². The molecule has 0 spiro atoms. The van der Waals surface area contributed by atoms with Crippen LogP contribution >= 0.6 is 0 Å². The average Bonchev–Trinajstić information content (AvgIpc) is 0.739. The molecule has 21 aromatic rings. The van der Waals surface area contributed by atoms with Crippen LogP contribution in [0.5, 0.6) is 93.0 Å². The van der Waals surface area contributed by atoms with Gasteiger partial charge >= 0.3 is 24.0 Å². The minimum Gasteiger partial charge on any atom is -0.508 e. The van der Waals surface area contributed by atoms with Crippen molar-refractivity contribution in [3.05, 3.63) is 279 Å². The van der Waals surface area contributed by atoms with Crippen molar-refractivity contribution in [1.82, 2.24) is 59.8 Å². The standard InChI is InChI=1S/C28H19N3O4.3C24H17N3O4/c1-35-28-30-26(29-27(31-28)25-23(33)12-16(32)13-24(25)34)22-14-21-17-7-3-2-6-15(17)10-11-20(21)18-8-4-5-9-19(18)22;1-31-24-26-22(25-23(27-24)21-18(29)11-15(28)12-19(21)30)20-16-8-4-2-6-13(16)10-14-7-3-5-9-17(14)20;1-31-24-26-22(25-23(27-24)21-19(29)11-14(28)12-20(21)30)18-10-13-6-2-3-7-15(13)16-8-4-5-9-17(16)18;1-31-24-26-22(25-23(27-24)21-19(29)11-18(28)12-20(21)30)16-7-6-15-8-13-4-2-3-5-14(13)9-17(15)10-16/h2-14,32-34H,1H3;3*2-12,28-30H,1H3. The lowest BCUT2D eigenvalue weighted by Gasteiger charge is -2.14. The Morgan fingerprint density at radius 1 is 0.172 bits per heavy atom. The molecular weight excluding hydrogens is 1630 g/mol. The molecule has 0 bridgehead atoms. The first-order valence-corrected chi connectivity index (χ1v) is 39.4. The monoisotopic (exact) mass is 1690 g/mol. The van der Waals surface area contributed by atoms with Gasteiger partial charge < -0.3 is 80.2 Å². The number of benzene rings is 17. The Morgan fingerprint density at radius 3 is 0.836 bits per heavy atom. The summed E-state index contributed by atoms with van der Waals surface area (Å²) in [6.45, 7) is 0. The molecule has 21 rings (SSSR count). The molecule has 0 fully saturated rings. The van der Waals surface area contributed by atoms with Crippen molar-refractivity contribution >= 4 is 97.0 Å². The highest BCUT2D eigenvalue weighted by Gasteiger charge is 2.27. The highest BCUT2D eigenvalue weighted by molar-refractivity contribution is 6.21. The van der Waals surface area contributed by atoms with E-state index in [0.29, 0.717) is 23.3 Å². The summed E-state index contributed by atoms with van der Waals surface area (Å²) < 4.78 is 21.1. The van der Waals surface area contributed by atoms with Gasteiger partial charge in [0.2, 0.25) is 0 Å². The van der Waals surface area contributed by atoms with E-state index in [9.17, 15) is 61.3 Å². The predicted octanol–water partition coefficient (Wildman–Crippen LogP) is 19.7. The molecule has 28 nitrogen and oxygen atoms in total. The molecule has 17 aromatic carbocycles. The molecule has 0 atom stereocenters. The molecule has 0 unspecified atom stereocenters. The molecule has 626 valence electrons. The minimum absolute atomic E-state index is 0.0175. The zero-order valence-electron chi connectivity index (χ0n) is 67.9. The van der Waals surface area contributed by atoms with Crippen LogP contribution in [0.2, 0.25) is 0 Å². The number of methoxy groups -OCH3 is 4. The third-order valence-electron chi connectivity index (χ3n) is 21.4. The van der Waals surface area contributed by atoms with E-state index >= 15 is 0 Å². The van der Waals surface area contributed by atoms with Gasteiger partial charge in [-0.3, -0.25) is 0 Å². The molecule has 128 heavy (non-hydrogen) atoms. The van der Waals surface area contributed by atoms with E-state index in [0.717, 1.165) is 168 Å². The van der Waals surface area contributed by atoms with Gasteiger partial charge in [-0.25, -0.2) is 19.9 Å². The van der Waals surface area contributed by atoms with E-state index in [2.05, 4.69) is 133 Å². The molecule has 0 saturated carbocycles.